The van der Waals surface area contributed by atoms with Gasteiger partial charge in [-0.2, -0.15) is 0 Å². The lowest BCUT2D eigenvalue weighted by molar-refractivity contribution is -0.115. The van der Waals surface area contributed by atoms with Gasteiger partial charge in [-0.25, -0.2) is 9.97 Å². The summed E-state index contributed by atoms with van der Waals surface area (Å²) in [5.74, 6) is 0.778. The average molecular weight is 443 g/mol. The number of benzene rings is 1. The van der Waals surface area contributed by atoms with Gasteiger partial charge in [0, 0.05) is 42.4 Å². The fourth-order valence-electron chi connectivity index (χ4n) is 4.45. The molecule has 168 valence electrons. The molecular formula is C25H26N6O2. The van der Waals surface area contributed by atoms with Crippen LogP contribution in [-0.2, 0) is 23.2 Å². The van der Waals surface area contributed by atoms with Gasteiger partial charge in [-0.05, 0) is 53.3 Å². The van der Waals surface area contributed by atoms with E-state index in [9.17, 15) is 9.59 Å². The second-order valence-electron chi connectivity index (χ2n) is 9.05. The first-order valence-electron chi connectivity index (χ1n) is 11.1. The number of fused-ring (bicyclic) bond motifs is 2. The molecule has 4 heterocycles. The first kappa shape index (κ1) is 20.9. The Morgan fingerprint density at radius 2 is 2.03 bits per heavy atom. The molecule has 0 aliphatic carbocycles. The summed E-state index contributed by atoms with van der Waals surface area (Å²) < 4.78 is 0. The topological polar surface area (TPSA) is 108 Å². The number of amides is 2. The highest BCUT2D eigenvalue weighted by Crippen LogP contribution is 2.38. The summed E-state index contributed by atoms with van der Waals surface area (Å²) in [4.78, 5) is 33.4. The van der Waals surface area contributed by atoms with Crippen molar-refractivity contribution in [3.8, 4) is 0 Å². The summed E-state index contributed by atoms with van der Waals surface area (Å²) in [6.45, 7) is 5.81. The molecule has 0 atom stereocenters. The van der Waals surface area contributed by atoms with E-state index in [1.165, 1.54) is 5.56 Å². The Morgan fingerprint density at radius 1 is 1.15 bits per heavy atom. The maximum atomic E-state index is 13.1. The molecule has 8 nitrogen and oxygen atoms in total. The summed E-state index contributed by atoms with van der Waals surface area (Å²) in [5, 5.41) is 12.4. The highest BCUT2D eigenvalue weighted by molar-refractivity contribution is 6.07. The predicted molar refractivity (Wildman–Crippen MR) is 129 cm³/mol. The normalized spacial score (nSPS) is 15.6. The predicted octanol–water partition coefficient (Wildman–Crippen LogP) is 3.93. The van der Waals surface area contributed by atoms with Crippen LogP contribution < -0.4 is 21.3 Å². The third kappa shape index (κ3) is 4.11. The highest BCUT2D eigenvalue weighted by Gasteiger charge is 2.27. The standard InChI is InChI=1S/C25H26N6O2/c1-25(2)8-11-26-20-12-16(5-6-19(20)25)30-24(33)17-4-3-9-27-22(17)29-14-15-7-10-28-23-18(15)13-21(32)31-23/h3-7,9-10,12,26H,8,11,13-14H2,1-2H3,(H,27,29)(H,30,33)(H,28,31,32). The van der Waals surface area contributed by atoms with Gasteiger partial charge in [-0.3, -0.25) is 9.59 Å². The highest BCUT2D eigenvalue weighted by atomic mass is 16.2. The van der Waals surface area contributed by atoms with E-state index in [0.717, 1.165) is 35.5 Å². The first-order chi connectivity index (χ1) is 15.9. The molecule has 2 aromatic heterocycles. The van der Waals surface area contributed by atoms with E-state index >= 15 is 0 Å². The molecule has 3 aromatic rings. The molecule has 2 amide bonds. The van der Waals surface area contributed by atoms with Crippen molar-refractivity contribution in [3.63, 3.8) is 0 Å². The van der Waals surface area contributed by atoms with Gasteiger partial charge in [-0.1, -0.05) is 19.9 Å². The van der Waals surface area contributed by atoms with E-state index in [0.29, 0.717) is 30.2 Å². The minimum absolute atomic E-state index is 0.0641. The van der Waals surface area contributed by atoms with Gasteiger partial charge in [-0.15, -0.1) is 0 Å². The summed E-state index contributed by atoms with van der Waals surface area (Å²) in [7, 11) is 0. The number of pyridine rings is 2. The minimum atomic E-state index is -0.238. The van der Waals surface area contributed by atoms with Crippen LogP contribution in [0.3, 0.4) is 0 Å². The number of carbonyl (C=O) groups excluding carboxylic acids is 2. The van der Waals surface area contributed by atoms with Crippen LogP contribution in [0.1, 0.15) is 47.3 Å². The van der Waals surface area contributed by atoms with Crippen LogP contribution in [0, 0.1) is 0 Å². The lowest BCUT2D eigenvalue weighted by atomic mass is 9.78. The van der Waals surface area contributed by atoms with E-state index in [-0.39, 0.29) is 17.2 Å². The molecule has 0 saturated carbocycles. The van der Waals surface area contributed by atoms with Crippen molar-refractivity contribution < 1.29 is 9.59 Å². The van der Waals surface area contributed by atoms with Crippen LogP contribution in [0.4, 0.5) is 23.0 Å². The fraction of sp³-hybridized carbons (Fsp3) is 0.280. The van der Waals surface area contributed by atoms with Crippen molar-refractivity contribution in [1.82, 2.24) is 9.97 Å². The SMILES string of the molecule is CC1(C)CCNc2cc(NC(=O)c3cccnc3NCc3ccnc4c3CC(=O)N4)ccc21. The Morgan fingerprint density at radius 3 is 2.91 bits per heavy atom. The summed E-state index contributed by atoms with van der Waals surface area (Å²) in [6.07, 6.45) is 4.69. The molecule has 5 rings (SSSR count). The van der Waals surface area contributed by atoms with Crippen LogP contribution >= 0.6 is 0 Å². The third-order valence-electron chi connectivity index (χ3n) is 6.32. The zero-order valence-electron chi connectivity index (χ0n) is 18.7. The summed E-state index contributed by atoms with van der Waals surface area (Å²) in [6, 6.07) is 11.4. The van der Waals surface area contributed by atoms with Gasteiger partial charge in [0.25, 0.3) is 5.91 Å². The molecule has 33 heavy (non-hydrogen) atoms. The minimum Gasteiger partial charge on any atom is -0.385 e. The average Bonchev–Trinajstić information content (AvgIpc) is 3.18. The number of nitrogens with zero attached hydrogens (tertiary/aromatic N) is 2. The second-order valence-corrected chi connectivity index (χ2v) is 9.05. The number of carbonyl (C=O) groups is 2. The lowest BCUT2D eigenvalue weighted by Crippen LogP contribution is -2.28. The van der Waals surface area contributed by atoms with Crippen LogP contribution in [0.5, 0.6) is 0 Å². The zero-order valence-corrected chi connectivity index (χ0v) is 18.7. The largest absolute Gasteiger partial charge is 0.385 e. The van der Waals surface area contributed by atoms with Gasteiger partial charge in [0.05, 0.1) is 12.0 Å². The summed E-state index contributed by atoms with van der Waals surface area (Å²) >= 11 is 0. The molecule has 0 bridgehead atoms. The van der Waals surface area contributed by atoms with E-state index in [2.05, 4.69) is 51.1 Å². The van der Waals surface area contributed by atoms with Gasteiger partial charge < -0.3 is 21.3 Å². The van der Waals surface area contributed by atoms with Crippen molar-refractivity contribution in [2.24, 2.45) is 0 Å². The van der Waals surface area contributed by atoms with Crippen molar-refractivity contribution >= 4 is 34.8 Å². The van der Waals surface area contributed by atoms with E-state index in [1.807, 2.05) is 18.2 Å². The second kappa shape index (κ2) is 8.20. The number of hydrogen-bond donors (Lipinski definition) is 4. The van der Waals surface area contributed by atoms with Crippen LogP contribution in [-0.4, -0.2) is 28.3 Å². The number of aromatic nitrogens is 2. The molecular weight excluding hydrogens is 416 g/mol. The Hall–Kier alpha value is -3.94. The number of anilines is 4. The Bertz CT molecular complexity index is 1250. The van der Waals surface area contributed by atoms with Crippen LogP contribution in [0.2, 0.25) is 0 Å². The lowest BCUT2D eigenvalue weighted by Gasteiger charge is -2.33. The molecule has 2 aliphatic heterocycles. The number of nitrogens with one attached hydrogen (secondary N) is 4. The molecule has 0 fully saturated rings. The Labute approximate surface area is 192 Å². The van der Waals surface area contributed by atoms with Crippen molar-refractivity contribution in [2.45, 2.75) is 38.6 Å². The van der Waals surface area contributed by atoms with Crippen LogP contribution in [0.25, 0.3) is 0 Å². The smallest absolute Gasteiger partial charge is 0.259 e. The maximum absolute atomic E-state index is 13.1. The van der Waals surface area contributed by atoms with Crippen molar-refractivity contribution in [2.75, 3.05) is 27.8 Å². The Balaban J connectivity index is 1.33. The molecule has 0 spiro atoms. The molecule has 4 N–H and O–H groups in total. The Kier molecular flexibility index (Phi) is 5.20. The van der Waals surface area contributed by atoms with Gasteiger partial charge >= 0.3 is 0 Å². The van der Waals surface area contributed by atoms with E-state index < -0.39 is 0 Å². The fourth-order valence-corrected chi connectivity index (χ4v) is 4.45. The van der Waals surface area contributed by atoms with Crippen molar-refractivity contribution in [3.05, 3.63) is 71.0 Å². The van der Waals surface area contributed by atoms with Crippen LogP contribution in [0.15, 0.2) is 48.8 Å². The third-order valence-corrected chi connectivity index (χ3v) is 6.32. The molecule has 0 unspecified atom stereocenters. The molecule has 2 aliphatic rings. The van der Waals surface area contributed by atoms with E-state index in [1.54, 1.807) is 24.5 Å². The molecule has 0 radical (unpaired) electrons. The zero-order chi connectivity index (χ0) is 23.0. The first-order valence-corrected chi connectivity index (χ1v) is 11.1. The number of rotatable bonds is 5. The monoisotopic (exact) mass is 442 g/mol. The molecule has 1 aromatic carbocycles. The quantitative estimate of drug-likeness (QED) is 0.477. The van der Waals surface area contributed by atoms with Gasteiger partial charge in [0.2, 0.25) is 5.91 Å². The maximum Gasteiger partial charge on any atom is 0.259 e. The van der Waals surface area contributed by atoms with Crippen molar-refractivity contribution in [1.29, 1.82) is 0 Å². The summed E-state index contributed by atoms with van der Waals surface area (Å²) in [5.41, 5.74) is 5.42. The van der Waals surface area contributed by atoms with Gasteiger partial charge in [0.15, 0.2) is 0 Å². The molecule has 0 saturated heterocycles. The molecule has 8 heteroatoms. The number of hydrogen-bond acceptors (Lipinski definition) is 6. The van der Waals surface area contributed by atoms with E-state index in [4.69, 9.17) is 0 Å². The van der Waals surface area contributed by atoms with Gasteiger partial charge in [0.1, 0.15) is 11.6 Å².